The smallest absolute Gasteiger partial charge is 0.255 e. The van der Waals surface area contributed by atoms with Crippen LogP contribution in [0.25, 0.3) is 10.8 Å². The molecule has 2 aliphatic rings. The molecule has 31 heavy (non-hydrogen) atoms. The van der Waals surface area contributed by atoms with Crippen LogP contribution in [0.15, 0.2) is 29.5 Å². The molecule has 9 heteroatoms. The quantitative estimate of drug-likeness (QED) is 0.433. The van der Waals surface area contributed by atoms with E-state index >= 15 is 0 Å². The highest BCUT2D eigenvalue weighted by Crippen LogP contribution is 2.50. The lowest BCUT2D eigenvalue weighted by atomic mass is 9.61. The van der Waals surface area contributed by atoms with E-state index in [1.165, 1.54) is 11.0 Å². The number of hydrogen-bond acceptors (Lipinski definition) is 8. The zero-order valence-electron chi connectivity index (χ0n) is 17.1. The van der Waals surface area contributed by atoms with E-state index in [2.05, 4.69) is 0 Å². The molecule has 0 radical (unpaired) electrons. The van der Waals surface area contributed by atoms with Crippen LogP contribution < -0.4 is 5.73 Å². The molecule has 162 valence electrons. The fraction of sp³-hybridized carbons (Fsp3) is 0.318. The first-order chi connectivity index (χ1) is 14.4. The number of Topliss-reactive ketones (excluding diaryl/α,β-unsaturated/α-hetero) is 2. The second kappa shape index (κ2) is 6.53. The van der Waals surface area contributed by atoms with Gasteiger partial charge in [0.25, 0.3) is 5.91 Å². The first-order valence-electron chi connectivity index (χ1n) is 9.61. The van der Waals surface area contributed by atoms with Crippen molar-refractivity contribution in [3.63, 3.8) is 0 Å². The molecule has 0 aliphatic heterocycles. The van der Waals surface area contributed by atoms with Crippen LogP contribution in [0, 0.1) is 12.8 Å². The van der Waals surface area contributed by atoms with Crippen molar-refractivity contribution in [3.8, 4) is 11.5 Å². The number of aliphatic hydroxyl groups excluding tert-OH is 1. The zero-order valence-corrected chi connectivity index (χ0v) is 17.1. The number of carbonyl (C=O) groups excluding carboxylic acids is 3. The number of primary amides is 1. The number of ketones is 2. The number of benzene rings is 2. The van der Waals surface area contributed by atoms with Gasteiger partial charge in [-0.1, -0.05) is 12.1 Å². The van der Waals surface area contributed by atoms with E-state index in [1.54, 1.807) is 33.2 Å². The van der Waals surface area contributed by atoms with Crippen LogP contribution in [0.1, 0.15) is 21.5 Å². The molecular formula is C22H22N2O7. The van der Waals surface area contributed by atoms with Crippen LogP contribution in [-0.4, -0.2) is 68.5 Å². The van der Waals surface area contributed by atoms with Crippen molar-refractivity contribution in [2.45, 2.75) is 25.0 Å². The highest BCUT2D eigenvalue weighted by molar-refractivity contribution is 6.25. The van der Waals surface area contributed by atoms with E-state index in [4.69, 9.17) is 5.73 Å². The third-order valence-corrected chi connectivity index (χ3v) is 6.51. The second-order valence-corrected chi connectivity index (χ2v) is 8.29. The highest BCUT2D eigenvalue weighted by atomic mass is 16.3. The molecule has 3 atom stereocenters. The fourth-order valence-electron chi connectivity index (χ4n) is 5.04. The average Bonchev–Trinajstić information content (AvgIpc) is 2.68. The highest BCUT2D eigenvalue weighted by Gasteiger charge is 2.62. The van der Waals surface area contributed by atoms with E-state index in [0.717, 1.165) is 0 Å². The van der Waals surface area contributed by atoms with Gasteiger partial charge in [0.05, 0.1) is 17.0 Å². The Balaban J connectivity index is 2.11. The topological polar surface area (TPSA) is 161 Å². The third-order valence-electron chi connectivity index (χ3n) is 6.51. The number of likely N-dealkylation sites (N-methyl/N-ethyl adjacent to an activating group) is 1. The molecule has 0 heterocycles. The normalized spacial score (nSPS) is 25.7. The van der Waals surface area contributed by atoms with Crippen LogP contribution in [0.4, 0.5) is 0 Å². The number of fused-ring (bicyclic) bond motifs is 3. The molecule has 0 fully saturated rings. The number of carbonyl (C=O) groups is 3. The van der Waals surface area contributed by atoms with E-state index in [1.807, 2.05) is 0 Å². The molecule has 0 aromatic heterocycles. The summed E-state index contributed by atoms with van der Waals surface area (Å²) in [6.45, 7) is 1.71. The summed E-state index contributed by atoms with van der Waals surface area (Å²) < 4.78 is 0. The fourth-order valence-corrected chi connectivity index (χ4v) is 5.04. The van der Waals surface area contributed by atoms with Crippen molar-refractivity contribution < 1.29 is 34.8 Å². The zero-order chi connectivity index (χ0) is 23.0. The molecule has 2 aliphatic carbocycles. The summed E-state index contributed by atoms with van der Waals surface area (Å²) in [7, 11) is 3.10. The Morgan fingerprint density at radius 2 is 1.84 bits per heavy atom. The lowest BCUT2D eigenvalue weighted by Crippen LogP contribution is -2.64. The summed E-state index contributed by atoms with van der Waals surface area (Å²) in [5.74, 6) is -6.18. The summed E-state index contributed by atoms with van der Waals surface area (Å²) in [5.41, 5.74) is 2.50. The molecule has 0 unspecified atom stereocenters. The van der Waals surface area contributed by atoms with Gasteiger partial charge in [-0.2, -0.15) is 0 Å². The summed E-state index contributed by atoms with van der Waals surface area (Å²) in [5, 5.41) is 43.9. The minimum absolute atomic E-state index is 0.0313. The van der Waals surface area contributed by atoms with Crippen LogP contribution >= 0.6 is 0 Å². The van der Waals surface area contributed by atoms with Crippen LogP contribution in [-0.2, 0) is 16.0 Å². The van der Waals surface area contributed by atoms with Gasteiger partial charge in [0.1, 0.15) is 22.8 Å². The van der Waals surface area contributed by atoms with E-state index in [9.17, 15) is 34.8 Å². The minimum atomic E-state index is -2.65. The number of aromatic hydroxyl groups is 2. The van der Waals surface area contributed by atoms with Crippen molar-refractivity contribution in [1.29, 1.82) is 0 Å². The first kappa shape index (κ1) is 20.8. The summed E-state index contributed by atoms with van der Waals surface area (Å²) in [6, 6.07) is 3.50. The number of nitrogens with two attached hydrogens (primary N) is 1. The Morgan fingerprint density at radius 1 is 1.19 bits per heavy atom. The Morgan fingerprint density at radius 3 is 2.42 bits per heavy atom. The number of rotatable bonds is 2. The van der Waals surface area contributed by atoms with Gasteiger partial charge in [0.15, 0.2) is 11.4 Å². The van der Waals surface area contributed by atoms with E-state index < -0.39 is 52.1 Å². The van der Waals surface area contributed by atoms with Gasteiger partial charge < -0.3 is 26.2 Å². The number of phenols is 2. The molecule has 1 amide bonds. The van der Waals surface area contributed by atoms with Gasteiger partial charge in [-0.3, -0.25) is 19.3 Å². The maximum Gasteiger partial charge on any atom is 0.255 e. The molecule has 0 saturated heterocycles. The molecule has 0 saturated carbocycles. The summed E-state index contributed by atoms with van der Waals surface area (Å²) in [4.78, 5) is 39.9. The van der Waals surface area contributed by atoms with E-state index in [0.29, 0.717) is 16.5 Å². The maximum absolute atomic E-state index is 13.6. The Kier molecular flexibility index (Phi) is 4.39. The lowest BCUT2D eigenvalue weighted by Gasteiger charge is -2.47. The molecule has 6 N–H and O–H groups in total. The predicted octanol–water partition coefficient (Wildman–Crippen LogP) is 0.456. The molecule has 0 bridgehead atoms. The Hall–Kier alpha value is -3.43. The van der Waals surface area contributed by atoms with Gasteiger partial charge in [-0.25, -0.2) is 0 Å². The van der Waals surface area contributed by atoms with Crippen molar-refractivity contribution in [3.05, 3.63) is 46.2 Å². The first-order valence-corrected chi connectivity index (χ1v) is 9.61. The predicted molar refractivity (Wildman–Crippen MR) is 110 cm³/mol. The number of nitrogens with zero attached hydrogens (tertiary/aromatic N) is 1. The minimum Gasteiger partial charge on any atom is -0.508 e. The number of aryl methyl sites for hydroxylation is 1. The number of amides is 1. The number of hydrogen-bond donors (Lipinski definition) is 5. The molecule has 4 rings (SSSR count). The van der Waals surface area contributed by atoms with E-state index in [-0.39, 0.29) is 23.1 Å². The van der Waals surface area contributed by atoms with Gasteiger partial charge in [0, 0.05) is 5.92 Å². The molecule has 0 spiro atoms. The van der Waals surface area contributed by atoms with Crippen LogP contribution in [0.5, 0.6) is 11.5 Å². The third kappa shape index (κ3) is 2.47. The molecule has 2 aromatic rings. The van der Waals surface area contributed by atoms with Crippen molar-refractivity contribution in [2.75, 3.05) is 14.1 Å². The number of phenolic OH excluding ortho intramolecular Hbond substituents is 2. The Bertz CT molecular complexity index is 1230. The van der Waals surface area contributed by atoms with Gasteiger partial charge in [0.2, 0.25) is 5.78 Å². The Labute approximate surface area is 177 Å². The monoisotopic (exact) mass is 426 g/mol. The largest absolute Gasteiger partial charge is 0.508 e. The van der Waals surface area contributed by atoms with Crippen LogP contribution in [0.2, 0.25) is 0 Å². The molecule has 2 aromatic carbocycles. The van der Waals surface area contributed by atoms with Crippen molar-refractivity contribution in [1.82, 2.24) is 4.90 Å². The lowest BCUT2D eigenvalue weighted by molar-refractivity contribution is -0.132. The van der Waals surface area contributed by atoms with Crippen LogP contribution in [0.3, 0.4) is 0 Å². The van der Waals surface area contributed by atoms with Crippen molar-refractivity contribution in [2.24, 2.45) is 11.7 Å². The summed E-state index contributed by atoms with van der Waals surface area (Å²) >= 11 is 0. The second-order valence-electron chi connectivity index (χ2n) is 8.29. The van der Waals surface area contributed by atoms with Gasteiger partial charge >= 0.3 is 0 Å². The molecular weight excluding hydrogens is 404 g/mol. The van der Waals surface area contributed by atoms with Gasteiger partial charge in [-0.15, -0.1) is 0 Å². The maximum atomic E-state index is 13.6. The molecule has 9 nitrogen and oxygen atoms in total. The average molecular weight is 426 g/mol. The SMILES string of the molecule is Cc1c2c(c(O)c3c(O)cccc13)C(=O)[C@@]1(O)C(O)=C(C(N)=O)C(=O)[C@@H](N(C)C)[C@@H]1C2. The number of aliphatic hydroxyl groups is 2. The standard InChI is InChI=1S/C22H22N2O7/c1-8-9-5-4-6-12(25)13(9)17(26)14-10(8)7-11-16(24(2)3)18(27)15(21(23)30)20(29)22(11,31)19(14)28/h4-6,11,16,25-26,29,31H,7H2,1-3H3,(H2,23,30)/t11-,16-,22+/m0/s1. The van der Waals surface area contributed by atoms with Crippen molar-refractivity contribution >= 4 is 28.2 Å². The van der Waals surface area contributed by atoms with Gasteiger partial charge in [-0.05, 0) is 50.0 Å². The summed E-state index contributed by atoms with van der Waals surface area (Å²) in [6.07, 6.45) is -0.0484.